The van der Waals surface area contributed by atoms with Crippen LogP contribution in [0.15, 0.2) is 54.7 Å². The van der Waals surface area contributed by atoms with E-state index in [4.69, 9.17) is 0 Å². The van der Waals surface area contributed by atoms with Crippen LogP contribution in [0.3, 0.4) is 0 Å². The van der Waals surface area contributed by atoms with E-state index in [9.17, 15) is 31.9 Å². The van der Waals surface area contributed by atoms with Gasteiger partial charge in [-0.05, 0) is 30.3 Å². The number of carbonyl (C=O) groups excluding carboxylic acids is 3. The van der Waals surface area contributed by atoms with Crippen LogP contribution in [0.5, 0.6) is 0 Å². The van der Waals surface area contributed by atoms with E-state index in [2.05, 4.69) is 9.94 Å². The molecule has 30 heavy (non-hydrogen) atoms. The largest absolute Gasteiger partial charge is 0.434 e. The molecule has 2 amide bonds. The fourth-order valence-corrected chi connectivity index (χ4v) is 2.96. The normalized spacial score (nSPS) is 13.5. The molecule has 0 bridgehead atoms. The number of carbonyl (C=O) groups is 3. The molecule has 7 nitrogen and oxygen atoms in total. The van der Waals surface area contributed by atoms with Gasteiger partial charge in [-0.15, -0.1) is 0 Å². The lowest BCUT2D eigenvalue weighted by molar-refractivity contribution is -0.143. The molecule has 0 N–H and O–H groups in total. The number of halogens is 4. The van der Waals surface area contributed by atoms with Crippen LogP contribution in [0, 0.1) is 5.82 Å². The smallest absolute Gasteiger partial charge is 0.324 e. The molecule has 1 aromatic heterocycles. The molecule has 0 saturated carbocycles. The van der Waals surface area contributed by atoms with Gasteiger partial charge < -0.3 is 4.84 Å². The number of hydrogen-bond donors (Lipinski definition) is 0. The summed E-state index contributed by atoms with van der Waals surface area (Å²) in [6.07, 6.45) is -4.52. The van der Waals surface area contributed by atoms with Gasteiger partial charge in [0.1, 0.15) is 11.4 Å². The van der Waals surface area contributed by atoms with Crippen molar-refractivity contribution in [2.45, 2.75) is 6.18 Å². The quantitative estimate of drug-likeness (QED) is 0.480. The molecule has 0 fully saturated rings. The van der Waals surface area contributed by atoms with Gasteiger partial charge in [-0.1, -0.05) is 23.3 Å². The number of rotatable bonds is 3. The highest BCUT2D eigenvalue weighted by atomic mass is 19.4. The van der Waals surface area contributed by atoms with Gasteiger partial charge >= 0.3 is 12.1 Å². The van der Waals surface area contributed by atoms with Crippen molar-refractivity contribution in [3.8, 4) is 5.69 Å². The average Bonchev–Trinajstić information content (AvgIpc) is 3.25. The molecule has 0 radical (unpaired) electrons. The van der Waals surface area contributed by atoms with Crippen LogP contribution in [0.1, 0.15) is 36.8 Å². The Hall–Kier alpha value is -4.02. The topological polar surface area (TPSA) is 81.5 Å². The number of hydroxylamine groups is 2. The first-order chi connectivity index (χ1) is 14.2. The van der Waals surface area contributed by atoms with E-state index in [1.807, 2.05) is 0 Å². The summed E-state index contributed by atoms with van der Waals surface area (Å²) in [5, 5.41) is 3.60. The van der Waals surface area contributed by atoms with Gasteiger partial charge in [-0.25, -0.2) is 13.9 Å². The highest BCUT2D eigenvalue weighted by Crippen LogP contribution is 2.34. The Balaban J connectivity index is 1.71. The second kappa shape index (κ2) is 6.79. The van der Waals surface area contributed by atoms with E-state index in [-0.39, 0.29) is 21.9 Å². The van der Waals surface area contributed by atoms with E-state index in [0.29, 0.717) is 10.9 Å². The molecule has 4 rings (SSSR count). The van der Waals surface area contributed by atoms with Crippen molar-refractivity contribution in [3.05, 3.63) is 82.9 Å². The minimum absolute atomic E-state index is 0.0539. The van der Waals surface area contributed by atoms with Gasteiger partial charge in [-0.2, -0.15) is 18.3 Å². The lowest BCUT2D eigenvalue weighted by atomic mass is 10.1. The Labute approximate surface area is 165 Å². The summed E-state index contributed by atoms with van der Waals surface area (Å²) < 4.78 is 54.7. The van der Waals surface area contributed by atoms with E-state index in [1.54, 1.807) is 0 Å². The Kier molecular flexibility index (Phi) is 4.37. The summed E-state index contributed by atoms with van der Waals surface area (Å²) in [5.41, 5.74) is -3.00. The highest BCUT2D eigenvalue weighted by molar-refractivity contribution is 6.21. The first-order valence-electron chi connectivity index (χ1n) is 8.30. The maximum atomic E-state index is 13.7. The number of hydrogen-bond acceptors (Lipinski definition) is 5. The number of amides is 2. The SMILES string of the molecule is O=C(ON1C(=O)c2ccccc2C1=O)c1cnn(-c2cccc(F)c2)c1C(F)(F)F. The molecule has 152 valence electrons. The van der Waals surface area contributed by atoms with E-state index < -0.39 is 41.0 Å². The number of alkyl halides is 3. The molecule has 11 heteroatoms. The summed E-state index contributed by atoms with van der Waals surface area (Å²) in [6, 6.07) is 9.71. The third kappa shape index (κ3) is 3.09. The fraction of sp³-hybridized carbons (Fsp3) is 0.0526. The Morgan fingerprint density at radius 1 is 0.967 bits per heavy atom. The van der Waals surface area contributed by atoms with Crippen LogP contribution in [0.2, 0.25) is 0 Å². The first-order valence-corrected chi connectivity index (χ1v) is 8.30. The van der Waals surface area contributed by atoms with Crippen molar-refractivity contribution in [1.29, 1.82) is 0 Å². The molecule has 0 saturated heterocycles. The van der Waals surface area contributed by atoms with Crippen molar-refractivity contribution in [1.82, 2.24) is 14.8 Å². The van der Waals surface area contributed by atoms with Crippen LogP contribution < -0.4 is 0 Å². The molecule has 0 spiro atoms. The third-order valence-electron chi connectivity index (χ3n) is 4.24. The minimum atomic E-state index is -5.08. The molecule has 1 aliphatic heterocycles. The van der Waals surface area contributed by atoms with Gasteiger partial charge in [0, 0.05) is 0 Å². The van der Waals surface area contributed by atoms with Crippen molar-refractivity contribution in [2.75, 3.05) is 0 Å². The van der Waals surface area contributed by atoms with Gasteiger partial charge in [-0.3, -0.25) is 9.59 Å². The van der Waals surface area contributed by atoms with Crippen molar-refractivity contribution >= 4 is 17.8 Å². The zero-order valence-electron chi connectivity index (χ0n) is 14.7. The van der Waals surface area contributed by atoms with E-state index in [0.717, 1.165) is 18.2 Å². The molecular weight excluding hydrogens is 410 g/mol. The fourth-order valence-electron chi connectivity index (χ4n) is 2.96. The maximum Gasteiger partial charge on any atom is 0.434 e. The molecule has 1 aliphatic rings. The summed E-state index contributed by atoms with van der Waals surface area (Å²) in [4.78, 5) is 41.6. The number of nitrogens with zero attached hydrogens (tertiary/aromatic N) is 3. The lowest BCUT2D eigenvalue weighted by Crippen LogP contribution is -2.33. The van der Waals surface area contributed by atoms with Crippen LogP contribution in [-0.4, -0.2) is 32.6 Å². The van der Waals surface area contributed by atoms with Crippen LogP contribution >= 0.6 is 0 Å². The van der Waals surface area contributed by atoms with E-state index >= 15 is 0 Å². The van der Waals surface area contributed by atoms with Crippen molar-refractivity contribution < 1.29 is 36.8 Å². The third-order valence-corrected chi connectivity index (χ3v) is 4.24. The second-order valence-corrected chi connectivity index (χ2v) is 6.13. The van der Waals surface area contributed by atoms with Gasteiger partial charge in [0.05, 0.1) is 23.0 Å². The second-order valence-electron chi connectivity index (χ2n) is 6.13. The predicted molar refractivity (Wildman–Crippen MR) is 90.9 cm³/mol. The number of aromatic nitrogens is 2. The molecule has 2 heterocycles. The summed E-state index contributed by atoms with van der Waals surface area (Å²) in [6.45, 7) is 0. The number of benzene rings is 2. The monoisotopic (exact) mass is 419 g/mol. The van der Waals surface area contributed by atoms with Gasteiger partial charge in [0.25, 0.3) is 11.8 Å². The van der Waals surface area contributed by atoms with Crippen LogP contribution in [0.4, 0.5) is 17.6 Å². The molecule has 0 atom stereocenters. The van der Waals surface area contributed by atoms with Crippen LogP contribution in [0.25, 0.3) is 5.69 Å². The first kappa shape index (κ1) is 19.3. The summed E-state index contributed by atoms with van der Waals surface area (Å²) >= 11 is 0. The van der Waals surface area contributed by atoms with Gasteiger partial charge in [0.2, 0.25) is 0 Å². The van der Waals surface area contributed by atoms with Gasteiger partial charge in [0.15, 0.2) is 5.69 Å². The number of imide groups is 1. The molecule has 0 unspecified atom stereocenters. The summed E-state index contributed by atoms with van der Waals surface area (Å²) in [7, 11) is 0. The zero-order chi connectivity index (χ0) is 21.6. The zero-order valence-corrected chi connectivity index (χ0v) is 14.7. The van der Waals surface area contributed by atoms with E-state index in [1.165, 1.54) is 30.3 Å². The summed E-state index contributed by atoms with van der Waals surface area (Å²) in [5.74, 6) is -4.42. The molecule has 3 aromatic rings. The molecular formula is C19H9F4N3O4. The van der Waals surface area contributed by atoms with Crippen molar-refractivity contribution in [2.24, 2.45) is 0 Å². The highest BCUT2D eigenvalue weighted by Gasteiger charge is 2.44. The molecule has 0 aliphatic carbocycles. The lowest BCUT2D eigenvalue weighted by Gasteiger charge is -2.15. The minimum Gasteiger partial charge on any atom is -0.324 e. The number of fused-ring (bicyclic) bond motifs is 1. The Bertz CT molecular complexity index is 1170. The molecule has 2 aromatic carbocycles. The van der Waals surface area contributed by atoms with Crippen molar-refractivity contribution in [3.63, 3.8) is 0 Å². The average molecular weight is 419 g/mol. The Morgan fingerprint density at radius 3 is 2.17 bits per heavy atom. The predicted octanol–water partition coefficient (Wildman–Crippen LogP) is 3.40. The standard InChI is InChI=1S/C19H9F4N3O4/c20-10-4-3-5-11(8-10)25-15(19(21,22)23)14(9-24-25)18(29)30-26-16(27)12-6-1-2-7-13(12)17(26)28/h1-9H. The Morgan fingerprint density at radius 2 is 1.60 bits per heavy atom. The van der Waals surface area contributed by atoms with Crippen LogP contribution in [-0.2, 0) is 11.0 Å². The maximum absolute atomic E-state index is 13.7.